The summed E-state index contributed by atoms with van der Waals surface area (Å²) in [6.45, 7) is 5.17. The Hall–Kier alpha value is -5.05. The van der Waals surface area contributed by atoms with Crippen molar-refractivity contribution in [2.75, 3.05) is 0 Å². The largest absolute Gasteiger partial charge is 0.481 e. The van der Waals surface area contributed by atoms with E-state index in [2.05, 4.69) is 5.32 Å². The van der Waals surface area contributed by atoms with Crippen molar-refractivity contribution in [1.82, 2.24) is 5.32 Å². The number of amides is 1. The average molecular weight is 906 g/mol. The van der Waals surface area contributed by atoms with E-state index in [9.17, 15) is 53.3 Å². The Kier molecular flexibility index (Phi) is 15.3. The second-order valence-electron chi connectivity index (χ2n) is 17.8. The van der Waals surface area contributed by atoms with E-state index in [1.165, 1.54) is 13.0 Å². The molecule has 4 fully saturated rings. The van der Waals surface area contributed by atoms with Gasteiger partial charge in [-0.25, -0.2) is 0 Å². The molecule has 7 rings (SSSR count). The molecule has 0 aromatic heterocycles. The first kappa shape index (κ1) is 50.0. The molecule has 0 spiro atoms. The van der Waals surface area contributed by atoms with Crippen LogP contribution in [0.15, 0.2) is 72.3 Å². The number of hydrogen-bond donors (Lipinski definition) is 5. The molecule has 1 amide bonds. The number of Topliss-reactive ketones (excluding diaryl/α,β-unsaturated/α-hetero) is 2. The van der Waals surface area contributed by atoms with Crippen LogP contribution in [0.25, 0.3) is 0 Å². The predicted octanol–water partition coefficient (Wildman–Crippen LogP) is 4.91. The highest BCUT2D eigenvalue weighted by molar-refractivity contribution is 7.70. The fourth-order valence-corrected chi connectivity index (χ4v) is 12.0. The van der Waals surface area contributed by atoms with Gasteiger partial charge in [-0.3, -0.25) is 28.5 Å². The number of ether oxygens (including phenoxy) is 2. The molecule has 2 aromatic rings. The van der Waals surface area contributed by atoms with Gasteiger partial charge in [-0.1, -0.05) is 81.5 Å². The van der Waals surface area contributed by atoms with Gasteiger partial charge in [-0.15, -0.1) is 0 Å². The number of fused-ring (bicyclic) bond motifs is 7. The van der Waals surface area contributed by atoms with Crippen LogP contribution in [-0.2, 0) is 65.2 Å². The molecule has 0 radical (unpaired) electrons. The highest BCUT2D eigenvalue weighted by Crippen LogP contribution is 2.72. The van der Waals surface area contributed by atoms with E-state index in [4.69, 9.17) is 19.1 Å². The molecule has 10 atom stereocenters. The maximum Gasteiger partial charge on any atom is 0.394 e. The minimum absolute atomic E-state index is 0. The molecule has 17 heteroatoms. The van der Waals surface area contributed by atoms with Crippen molar-refractivity contribution in [1.29, 1.82) is 0 Å². The number of aliphatic hydroxyl groups is 1. The number of carbonyl (C=O) groups is 6. The lowest BCUT2D eigenvalue weighted by Crippen LogP contribution is -2.62. The third-order valence-electron chi connectivity index (χ3n) is 13.9. The Balaban J connectivity index is 0.00000187. The first-order valence-electron chi connectivity index (χ1n) is 20.9. The van der Waals surface area contributed by atoms with Crippen LogP contribution in [0.5, 0.6) is 0 Å². The normalized spacial score (nSPS) is 30.3. The molecular weight excluding hydrogens is 849 g/mol. The van der Waals surface area contributed by atoms with Crippen LogP contribution < -0.4 is 5.32 Å². The number of nitrogens with one attached hydrogen (secondary N) is 1. The summed E-state index contributed by atoms with van der Waals surface area (Å²) in [4.78, 5) is 112. The molecule has 0 bridgehead atoms. The lowest BCUT2D eigenvalue weighted by atomic mass is 9.46. The lowest BCUT2D eigenvalue weighted by Gasteiger charge is -2.59. The molecule has 1 aliphatic heterocycles. The van der Waals surface area contributed by atoms with Crippen molar-refractivity contribution < 1.29 is 72.4 Å². The van der Waals surface area contributed by atoms with Crippen molar-refractivity contribution in [2.45, 2.75) is 123 Å². The number of rotatable bonds is 15. The van der Waals surface area contributed by atoms with Crippen molar-refractivity contribution in [3.8, 4) is 0 Å². The van der Waals surface area contributed by atoms with Gasteiger partial charge in [0.1, 0.15) is 5.78 Å². The quantitative estimate of drug-likeness (QED) is 0.149. The minimum atomic E-state index is -5.35. The van der Waals surface area contributed by atoms with Crippen LogP contribution in [0.1, 0.15) is 108 Å². The summed E-state index contributed by atoms with van der Waals surface area (Å²) in [5.41, 5.74) is -1.21. The van der Waals surface area contributed by atoms with Gasteiger partial charge in [0.25, 0.3) is 5.52 Å². The van der Waals surface area contributed by atoms with Crippen molar-refractivity contribution in [3.63, 3.8) is 0 Å². The zero-order valence-electron chi connectivity index (χ0n) is 35.2. The lowest BCUT2D eigenvalue weighted by molar-refractivity contribution is -0.196. The van der Waals surface area contributed by atoms with Crippen LogP contribution >= 0.6 is 7.60 Å². The van der Waals surface area contributed by atoms with Crippen LogP contribution in [-0.4, -0.2) is 84.8 Å². The average Bonchev–Trinajstić information content (AvgIpc) is 3.71. The predicted molar refractivity (Wildman–Crippen MR) is 227 cm³/mol. The van der Waals surface area contributed by atoms with E-state index in [1.54, 1.807) is 37.3 Å². The fraction of sp³-hybridized carbons (Fsp3) is 0.511. The number of carboxylic acid groups (broad SMARTS) is 1. The van der Waals surface area contributed by atoms with Gasteiger partial charge < -0.3 is 39.6 Å². The van der Waals surface area contributed by atoms with Crippen molar-refractivity contribution >= 4 is 48.5 Å². The van der Waals surface area contributed by atoms with Crippen LogP contribution in [0, 0.1) is 28.6 Å². The molecule has 5 N–H and O–H groups in total. The summed E-state index contributed by atoms with van der Waals surface area (Å²) < 4.78 is 25.9. The van der Waals surface area contributed by atoms with E-state index in [0.29, 0.717) is 36.8 Å². The molecule has 3 saturated carbocycles. The molecule has 64 heavy (non-hydrogen) atoms. The summed E-state index contributed by atoms with van der Waals surface area (Å²) in [6.07, 6.45) is 3.77. The van der Waals surface area contributed by atoms with Crippen LogP contribution in [0.3, 0.4) is 0 Å². The monoisotopic (exact) mass is 905 g/mol. The summed E-state index contributed by atoms with van der Waals surface area (Å²) in [5.74, 6) is -2.90. The topological polar surface area (TPSA) is 265 Å². The second-order valence-corrected chi connectivity index (χ2v) is 19.3. The standard InChI is InChI=1S/C45H52NO13P.CO2.CH4/c1-25(47)7-15-38(51)46-34(14-16-39(52)53)35(49)21-28-6-4-5-27(20-28)19-26-8-10-29(11-9-26)41-58-37-23-33-32-13-12-30-22-31(48)17-18-43(30,2)40(32)36(50)24-44(33,3)45(37,59-41)42(54)60(55,56)57;2-1-3;/h4-6,8-11,17-18,20,22,32-34,36-37,40-41,50H,7,12-16,19,21,23-24H2,1-3H3,(H,46,51)(H,52,53)(H2,55,56,57);;1H4/t32-,33-,34-,36-,37+,40+,41+,43-,44-,45-;;/m0../s1. The number of aliphatic hydroxyl groups excluding tert-OH is 1. The van der Waals surface area contributed by atoms with Crippen LogP contribution in [0.2, 0.25) is 0 Å². The highest BCUT2D eigenvalue weighted by Gasteiger charge is 2.78. The van der Waals surface area contributed by atoms with E-state index in [0.717, 1.165) is 16.7 Å². The third-order valence-corrected chi connectivity index (χ3v) is 14.8. The number of aliphatic carboxylic acids is 1. The first-order valence-corrected chi connectivity index (χ1v) is 22.5. The SMILES string of the molecule is C.CC(=O)CCC(=O)N[C@@H](CCC(=O)O)C(=O)Cc1cccc(Cc2ccc([C@@H]3O[C@@H]4C[C@H]5[C@@H]6CCC7=CC(=O)C=C[C@]7(C)[C@H]6[C@@H](O)C[C@]5(C)[C@]4(C(=O)P(=O)(O)O)O3)cc2)c1.O=C=O. The first-order chi connectivity index (χ1) is 29.7. The zero-order valence-corrected chi connectivity index (χ0v) is 36.1. The number of carbonyl (C=O) groups excluding carboxylic acids is 7. The Morgan fingerprint density at radius 2 is 1.66 bits per heavy atom. The molecular formula is C47H56NO15P. The fourth-order valence-electron chi connectivity index (χ4n) is 11.1. The Morgan fingerprint density at radius 3 is 2.30 bits per heavy atom. The number of allylic oxidation sites excluding steroid dienone is 4. The highest BCUT2D eigenvalue weighted by atomic mass is 31.2. The molecule has 2 aromatic carbocycles. The summed E-state index contributed by atoms with van der Waals surface area (Å²) in [5, 5.41) is 23.7. The number of benzene rings is 2. The van der Waals surface area contributed by atoms with Gasteiger partial charge in [0.2, 0.25) is 5.91 Å². The van der Waals surface area contributed by atoms with E-state index >= 15 is 0 Å². The molecule has 1 heterocycles. The van der Waals surface area contributed by atoms with Crippen molar-refractivity contribution in [3.05, 3.63) is 94.6 Å². The van der Waals surface area contributed by atoms with E-state index in [-0.39, 0.29) is 87.2 Å². The molecule has 4 aliphatic carbocycles. The van der Waals surface area contributed by atoms with E-state index < -0.39 is 66.0 Å². The number of hydrogen-bond acceptors (Lipinski definition) is 12. The molecule has 16 nitrogen and oxygen atoms in total. The second kappa shape index (κ2) is 19.6. The summed E-state index contributed by atoms with van der Waals surface area (Å²) >= 11 is 0. The number of carboxylic acids is 1. The smallest absolute Gasteiger partial charge is 0.394 e. The summed E-state index contributed by atoms with van der Waals surface area (Å²) in [7, 11) is -5.35. The maximum absolute atomic E-state index is 14.1. The number of ketones is 3. The molecule has 5 aliphatic rings. The molecule has 1 saturated heterocycles. The minimum Gasteiger partial charge on any atom is -0.481 e. The Morgan fingerprint density at radius 1 is 0.984 bits per heavy atom. The summed E-state index contributed by atoms with van der Waals surface area (Å²) in [6, 6.07) is 13.5. The van der Waals surface area contributed by atoms with E-state index in [1.807, 2.05) is 37.3 Å². The van der Waals surface area contributed by atoms with Gasteiger partial charge in [-0.05, 0) is 86.1 Å². The van der Waals surface area contributed by atoms with Crippen LogP contribution in [0.4, 0.5) is 0 Å². The van der Waals surface area contributed by atoms with Gasteiger partial charge >= 0.3 is 19.7 Å². The molecule has 344 valence electrons. The zero-order chi connectivity index (χ0) is 46.1. The van der Waals surface area contributed by atoms with Gasteiger partial charge in [-0.2, -0.15) is 9.59 Å². The maximum atomic E-state index is 14.1. The molecule has 0 unspecified atom stereocenters. The Bertz CT molecular complexity index is 2310. The van der Waals surface area contributed by atoms with Gasteiger partial charge in [0.15, 0.2) is 23.5 Å². The third kappa shape index (κ3) is 9.79. The van der Waals surface area contributed by atoms with Crippen molar-refractivity contribution in [2.24, 2.45) is 28.6 Å². The van der Waals surface area contributed by atoms with Gasteiger partial charge in [0, 0.05) is 48.0 Å². The van der Waals surface area contributed by atoms with Gasteiger partial charge in [0.05, 0.1) is 18.2 Å². The Labute approximate surface area is 371 Å².